The highest BCUT2D eigenvalue weighted by molar-refractivity contribution is 5.77. The summed E-state index contributed by atoms with van der Waals surface area (Å²) in [6.45, 7) is 3.10. The summed E-state index contributed by atoms with van der Waals surface area (Å²) in [4.78, 5) is 12.9. The fraction of sp³-hybridized carbons (Fsp3) is 0.462. The van der Waals surface area contributed by atoms with E-state index in [0.717, 1.165) is 31.5 Å². The molecule has 1 aromatic carbocycles. The number of hydrogen-bond acceptors (Lipinski definition) is 2. The summed E-state index contributed by atoms with van der Waals surface area (Å²) in [6.07, 6.45) is 4.06. The molecule has 86 valence electrons. The second kappa shape index (κ2) is 4.64. The number of anilines is 1. The maximum atomic E-state index is 13.3. The maximum Gasteiger partial charge on any atom is 0.150 e. The molecular formula is C13H16FNO. The number of carbonyl (C=O) groups is 1. The first-order chi connectivity index (χ1) is 7.74. The van der Waals surface area contributed by atoms with E-state index in [1.165, 1.54) is 12.1 Å². The molecule has 0 amide bonds. The summed E-state index contributed by atoms with van der Waals surface area (Å²) < 4.78 is 13.3. The van der Waals surface area contributed by atoms with E-state index in [-0.39, 0.29) is 5.82 Å². The van der Waals surface area contributed by atoms with Gasteiger partial charge in [0.25, 0.3) is 0 Å². The Bertz CT molecular complexity index is 392. The monoisotopic (exact) mass is 221 g/mol. The molecule has 1 aliphatic heterocycles. The van der Waals surface area contributed by atoms with E-state index < -0.39 is 0 Å². The minimum absolute atomic E-state index is 0.332. The second-order valence-electron chi connectivity index (χ2n) is 4.26. The summed E-state index contributed by atoms with van der Waals surface area (Å²) in [6, 6.07) is 5.04. The van der Waals surface area contributed by atoms with Crippen LogP contribution in [-0.2, 0) is 0 Å². The Morgan fingerprint density at radius 1 is 1.50 bits per heavy atom. The molecule has 1 fully saturated rings. The molecule has 1 atom stereocenters. The number of nitrogens with zero attached hydrogens (tertiary/aromatic N) is 1. The third-order valence-corrected chi connectivity index (χ3v) is 3.22. The molecule has 0 N–H and O–H groups in total. The zero-order chi connectivity index (χ0) is 11.5. The lowest BCUT2D eigenvalue weighted by atomic mass is 10.1. The third-order valence-electron chi connectivity index (χ3n) is 3.22. The standard InChI is InChI=1S/C13H16FNO/c1-2-12-4-3-5-15(12)13-7-10(9-16)6-11(14)8-13/h6-9,12H,2-5H2,1H3. The summed E-state index contributed by atoms with van der Waals surface area (Å²) in [7, 11) is 0. The molecule has 0 bridgehead atoms. The van der Waals surface area contributed by atoms with Crippen LogP contribution in [0.1, 0.15) is 36.5 Å². The summed E-state index contributed by atoms with van der Waals surface area (Å²) in [5.41, 5.74) is 1.25. The number of benzene rings is 1. The molecule has 1 aliphatic rings. The van der Waals surface area contributed by atoms with Gasteiger partial charge in [0.2, 0.25) is 0 Å². The number of carbonyl (C=O) groups excluding carboxylic acids is 1. The van der Waals surface area contributed by atoms with Gasteiger partial charge >= 0.3 is 0 Å². The number of halogens is 1. The predicted octanol–water partition coefficient (Wildman–Crippen LogP) is 3.02. The van der Waals surface area contributed by atoms with Gasteiger partial charge in [-0.05, 0) is 37.5 Å². The molecule has 0 saturated carbocycles. The van der Waals surface area contributed by atoms with Gasteiger partial charge in [0, 0.05) is 23.8 Å². The van der Waals surface area contributed by atoms with Crippen LogP contribution in [-0.4, -0.2) is 18.9 Å². The van der Waals surface area contributed by atoms with E-state index in [0.29, 0.717) is 17.9 Å². The van der Waals surface area contributed by atoms with Crippen LogP contribution in [0, 0.1) is 5.82 Å². The SMILES string of the molecule is CCC1CCCN1c1cc(F)cc(C=O)c1. The third kappa shape index (κ3) is 2.08. The van der Waals surface area contributed by atoms with Gasteiger partial charge in [0.1, 0.15) is 12.1 Å². The Labute approximate surface area is 95.1 Å². The molecule has 1 unspecified atom stereocenters. The molecule has 16 heavy (non-hydrogen) atoms. The lowest BCUT2D eigenvalue weighted by molar-refractivity contribution is 0.112. The van der Waals surface area contributed by atoms with Crippen LogP contribution in [0.3, 0.4) is 0 Å². The van der Waals surface area contributed by atoms with Crippen molar-refractivity contribution in [2.75, 3.05) is 11.4 Å². The first kappa shape index (κ1) is 11.1. The van der Waals surface area contributed by atoms with E-state index in [1.807, 2.05) is 0 Å². The zero-order valence-electron chi connectivity index (χ0n) is 9.45. The van der Waals surface area contributed by atoms with Gasteiger partial charge < -0.3 is 4.90 Å². The van der Waals surface area contributed by atoms with E-state index >= 15 is 0 Å². The Balaban J connectivity index is 2.31. The molecule has 1 heterocycles. The molecule has 0 radical (unpaired) electrons. The topological polar surface area (TPSA) is 20.3 Å². The van der Waals surface area contributed by atoms with Gasteiger partial charge in [-0.3, -0.25) is 4.79 Å². The fourth-order valence-corrected chi connectivity index (χ4v) is 2.43. The highest BCUT2D eigenvalue weighted by Gasteiger charge is 2.23. The summed E-state index contributed by atoms with van der Waals surface area (Å²) in [5, 5.41) is 0. The lowest BCUT2D eigenvalue weighted by Crippen LogP contribution is -2.28. The quantitative estimate of drug-likeness (QED) is 0.731. The van der Waals surface area contributed by atoms with Gasteiger partial charge in [0.05, 0.1) is 0 Å². The van der Waals surface area contributed by atoms with Gasteiger partial charge in [-0.2, -0.15) is 0 Å². The van der Waals surface area contributed by atoms with Crippen LogP contribution in [0.5, 0.6) is 0 Å². The summed E-state index contributed by atoms with van der Waals surface area (Å²) >= 11 is 0. The molecule has 0 aliphatic carbocycles. The predicted molar refractivity (Wildman–Crippen MR) is 62.4 cm³/mol. The van der Waals surface area contributed by atoms with Crippen LogP contribution in [0.15, 0.2) is 18.2 Å². The Hall–Kier alpha value is -1.38. The molecular weight excluding hydrogens is 205 g/mol. The van der Waals surface area contributed by atoms with Crippen molar-refractivity contribution >= 4 is 12.0 Å². The molecule has 1 aromatic rings. The second-order valence-corrected chi connectivity index (χ2v) is 4.26. The first-order valence-electron chi connectivity index (χ1n) is 5.77. The van der Waals surface area contributed by atoms with E-state index in [1.54, 1.807) is 6.07 Å². The maximum absolute atomic E-state index is 13.3. The van der Waals surface area contributed by atoms with Gasteiger partial charge in [-0.15, -0.1) is 0 Å². The van der Waals surface area contributed by atoms with Crippen molar-refractivity contribution < 1.29 is 9.18 Å². The first-order valence-corrected chi connectivity index (χ1v) is 5.77. The average molecular weight is 221 g/mol. The van der Waals surface area contributed by atoms with E-state index in [2.05, 4.69) is 11.8 Å². The lowest BCUT2D eigenvalue weighted by Gasteiger charge is -2.26. The van der Waals surface area contributed by atoms with Crippen molar-refractivity contribution in [3.63, 3.8) is 0 Å². The van der Waals surface area contributed by atoms with Gasteiger partial charge in [-0.1, -0.05) is 6.92 Å². The van der Waals surface area contributed by atoms with Crippen LogP contribution in [0.2, 0.25) is 0 Å². The minimum atomic E-state index is -0.332. The molecule has 2 nitrogen and oxygen atoms in total. The van der Waals surface area contributed by atoms with Crippen molar-refractivity contribution in [1.29, 1.82) is 0 Å². The van der Waals surface area contributed by atoms with E-state index in [9.17, 15) is 9.18 Å². The smallest absolute Gasteiger partial charge is 0.150 e. The van der Waals surface area contributed by atoms with Crippen LogP contribution >= 0.6 is 0 Å². The minimum Gasteiger partial charge on any atom is -0.368 e. The molecule has 1 saturated heterocycles. The fourth-order valence-electron chi connectivity index (χ4n) is 2.43. The average Bonchev–Trinajstić information content (AvgIpc) is 2.76. The Kier molecular flexibility index (Phi) is 3.22. The molecule has 0 aromatic heterocycles. The molecule has 2 rings (SSSR count). The Morgan fingerprint density at radius 3 is 3.00 bits per heavy atom. The zero-order valence-corrected chi connectivity index (χ0v) is 9.45. The van der Waals surface area contributed by atoms with Crippen LogP contribution < -0.4 is 4.90 Å². The van der Waals surface area contributed by atoms with Crippen molar-refractivity contribution in [2.45, 2.75) is 32.2 Å². The normalized spacial score (nSPS) is 20.1. The number of rotatable bonds is 3. The van der Waals surface area contributed by atoms with Crippen molar-refractivity contribution in [3.05, 3.63) is 29.6 Å². The highest BCUT2D eigenvalue weighted by atomic mass is 19.1. The van der Waals surface area contributed by atoms with Gasteiger partial charge in [0.15, 0.2) is 0 Å². The Morgan fingerprint density at radius 2 is 2.31 bits per heavy atom. The number of hydrogen-bond donors (Lipinski definition) is 0. The molecule has 0 spiro atoms. The van der Waals surface area contributed by atoms with Crippen LogP contribution in [0.25, 0.3) is 0 Å². The van der Waals surface area contributed by atoms with Crippen molar-refractivity contribution in [2.24, 2.45) is 0 Å². The van der Waals surface area contributed by atoms with Crippen molar-refractivity contribution in [3.8, 4) is 0 Å². The van der Waals surface area contributed by atoms with Crippen LogP contribution in [0.4, 0.5) is 10.1 Å². The highest BCUT2D eigenvalue weighted by Crippen LogP contribution is 2.28. The van der Waals surface area contributed by atoms with Gasteiger partial charge in [-0.25, -0.2) is 4.39 Å². The number of aldehydes is 1. The van der Waals surface area contributed by atoms with Crippen molar-refractivity contribution in [1.82, 2.24) is 0 Å². The molecule has 3 heteroatoms. The largest absolute Gasteiger partial charge is 0.368 e. The summed E-state index contributed by atoms with van der Waals surface area (Å²) in [5.74, 6) is -0.332. The van der Waals surface area contributed by atoms with E-state index in [4.69, 9.17) is 0 Å².